The molecule has 0 radical (unpaired) electrons. The molecule has 0 amide bonds. The van der Waals surface area contributed by atoms with Gasteiger partial charge in [-0.1, -0.05) is 36.2 Å². The number of hydrogen-bond acceptors (Lipinski definition) is 3. The number of aliphatic hydroxyl groups excluding tert-OH is 1. The fraction of sp³-hybridized carbons (Fsp3) is 0.600. The Hall–Kier alpha value is -0.510. The van der Waals surface area contributed by atoms with E-state index in [-0.39, 0.29) is 6.61 Å². The van der Waals surface area contributed by atoms with Crippen molar-refractivity contribution >= 4 is 11.8 Å². The number of aryl methyl sites for hydroxylation is 2. The van der Waals surface area contributed by atoms with Crippen LogP contribution in [0.3, 0.4) is 0 Å². The summed E-state index contributed by atoms with van der Waals surface area (Å²) in [6.07, 6.45) is 0.841. The second kappa shape index (κ2) is 8.57. The highest BCUT2D eigenvalue weighted by Gasteiger charge is 2.06. The largest absolute Gasteiger partial charge is 0.396 e. The molecule has 0 saturated carbocycles. The molecule has 1 unspecified atom stereocenters. The van der Waals surface area contributed by atoms with Gasteiger partial charge in [0.2, 0.25) is 0 Å². The SMILES string of the molecule is CCNC(CCO)CSCc1cc(C)cc(C)c1. The standard InChI is InChI=1S/C15H25NOS/c1-4-16-15(5-6-17)11-18-10-14-8-12(2)7-13(3)9-14/h7-9,15-17H,4-6,10-11H2,1-3H3. The quantitative estimate of drug-likeness (QED) is 0.759. The molecule has 0 aliphatic carbocycles. The van der Waals surface area contributed by atoms with Crippen molar-refractivity contribution in [3.05, 3.63) is 34.9 Å². The molecular formula is C15H25NOS. The van der Waals surface area contributed by atoms with Gasteiger partial charge in [0.1, 0.15) is 0 Å². The minimum Gasteiger partial charge on any atom is -0.396 e. The Kier molecular flexibility index (Phi) is 7.40. The Morgan fingerprint density at radius 2 is 1.89 bits per heavy atom. The fourth-order valence-electron chi connectivity index (χ4n) is 2.16. The van der Waals surface area contributed by atoms with Crippen LogP contribution in [-0.2, 0) is 5.75 Å². The summed E-state index contributed by atoms with van der Waals surface area (Å²) >= 11 is 1.94. The van der Waals surface area contributed by atoms with Gasteiger partial charge in [0.15, 0.2) is 0 Å². The van der Waals surface area contributed by atoms with Gasteiger partial charge in [-0.05, 0) is 32.4 Å². The van der Waals surface area contributed by atoms with Crippen LogP contribution in [0.4, 0.5) is 0 Å². The summed E-state index contributed by atoms with van der Waals surface area (Å²) in [6.45, 7) is 7.64. The Labute approximate surface area is 115 Å². The molecule has 1 rings (SSSR count). The molecule has 0 spiro atoms. The van der Waals surface area contributed by atoms with E-state index in [4.69, 9.17) is 5.11 Å². The molecule has 0 heterocycles. The Bertz CT molecular complexity index is 328. The maximum absolute atomic E-state index is 9.00. The van der Waals surface area contributed by atoms with Gasteiger partial charge in [0.05, 0.1) is 0 Å². The fourth-order valence-corrected chi connectivity index (χ4v) is 3.25. The van der Waals surface area contributed by atoms with E-state index in [1.807, 2.05) is 11.8 Å². The number of hydrogen-bond donors (Lipinski definition) is 2. The van der Waals surface area contributed by atoms with Crippen LogP contribution in [0.25, 0.3) is 0 Å². The van der Waals surface area contributed by atoms with Gasteiger partial charge in [0, 0.05) is 24.2 Å². The van der Waals surface area contributed by atoms with Gasteiger partial charge in [-0.2, -0.15) is 11.8 Å². The third-order valence-corrected chi connectivity index (χ3v) is 4.02. The zero-order valence-corrected chi connectivity index (χ0v) is 12.5. The first-order valence-electron chi connectivity index (χ1n) is 6.65. The minimum atomic E-state index is 0.266. The van der Waals surface area contributed by atoms with Crippen molar-refractivity contribution < 1.29 is 5.11 Å². The molecule has 0 bridgehead atoms. The van der Waals surface area contributed by atoms with Gasteiger partial charge in [-0.25, -0.2) is 0 Å². The molecule has 1 aromatic carbocycles. The van der Waals surface area contributed by atoms with E-state index < -0.39 is 0 Å². The maximum Gasteiger partial charge on any atom is 0.0446 e. The Morgan fingerprint density at radius 3 is 2.44 bits per heavy atom. The predicted octanol–water partition coefficient (Wildman–Crippen LogP) is 2.90. The average Bonchev–Trinajstić information content (AvgIpc) is 2.28. The van der Waals surface area contributed by atoms with E-state index in [9.17, 15) is 0 Å². The van der Waals surface area contributed by atoms with Crippen molar-refractivity contribution in [1.29, 1.82) is 0 Å². The molecule has 3 heteroatoms. The molecule has 2 N–H and O–H groups in total. The van der Waals surface area contributed by atoms with Crippen LogP contribution in [0.1, 0.15) is 30.0 Å². The lowest BCUT2D eigenvalue weighted by atomic mass is 10.1. The summed E-state index contributed by atoms with van der Waals surface area (Å²) in [7, 11) is 0. The zero-order chi connectivity index (χ0) is 13.4. The van der Waals surface area contributed by atoms with E-state index in [2.05, 4.69) is 44.3 Å². The summed E-state index contributed by atoms with van der Waals surface area (Å²) in [4.78, 5) is 0. The molecule has 0 aliphatic rings. The van der Waals surface area contributed by atoms with Crippen LogP contribution >= 0.6 is 11.8 Å². The summed E-state index contributed by atoms with van der Waals surface area (Å²) in [5.41, 5.74) is 4.07. The molecule has 0 aliphatic heterocycles. The summed E-state index contributed by atoms with van der Waals surface area (Å²) in [5.74, 6) is 2.11. The van der Waals surface area contributed by atoms with E-state index in [0.29, 0.717) is 6.04 Å². The predicted molar refractivity (Wildman–Crippen MR) is 81.2 cm³/mol. The molecule has 102 valence electrons. The topological polar surface area (TPSA) is 32.3 Å². The third-order valence-electron chi connectivity index (χ3n) is 2.84. The first-order chi connectivity index (χ1) is 8.65. The summed E-state index contributed by atoms with van der Waals surface area (Å²) < 4.78 is 0. The smallest absolute Gasteiger partial charge is 0.0446 e. The van der Waals surface area contributed by atoms with Gasteiger partial charge >= 0.3 is 0 Å². The highest BCUT2D eigenvalue weighted by Crippen LogP contribution is 2.17. The monoisotopic (exact) mass is 267 g/mol. The minimum absolute atomic E-state index is 0.266. The van der Waals surface area contributed by atoms with Crippen molar-refractivity contribution in [3.63, 3.8) is 0 Å². The van der Waals surface area contributed by atoms with E-state index in [1.54, 1.807) is 0 Å². The van der Waals surface area contributed by atoms with Crippen LogP contribution in [0, 0.1) is 13.8 Å². The lowest BCUT2D eigenvalue weighted by Crippen LogP contribution is -2.32. The number of benzene rings is 1. The van der Waals surface area contributed by atoms with E-state index in [1.165, 1.54) is 16.7 Å². The van der Waals surface area contributed by atoms with Gasteiger partial charge < -0.3 is 10.4 Å². The molecule has 1 atom stereocenters. The lowest BCUT2D eigenvalue weighted by Gasteiger charge is -2.16. The molecule has 1 aromatic rings. The van der Waals surface area contributed by atoms with Crippen molar-refractivity contribution in [2.24, 2.45) is 0 Å². The second-order valence-corrected chi connectivity index (χ2v) is 5.81. The molecule has 0 saturated heterocycles. The molecule has 2 nitrogen and oxygen atoms in total. The van der Waals surface area contributed by atoms with Crippen molar-refractivity contribution in [1.82, 2.24) is 5.32 Å². The Morgan fingerprint density at radius 1 is 1.22 bits per heavy atom. The zero-order valence-electron chi connectivity index (χ0n) is 11.7. The van der Waals surface area contributed by atoms with Crippen LogP contribution < -0.4 is 5.32 Å². The number of aliphatic hydroxyl groups is 1. The third kappa shape index (κ3) is 5.89. The average molecular weight is 267 g/mol. The Balaban J connectivity index is 2.39. The van der Waals surface area contributed by atoms with Crippen LogP contribution in [0.15, 0.2) is 18.2 Å². The summed E-state index contributed by atoms with van der Waals surface area (Å²) in [5, 5.41) is 12.4. The van der Waals surface area contributed by atoms with Gasteiger partial charge in [-0.3, -0.25) is 0 Å². The molecule has 18 heavy (non-hydrogen) atoms. The van der Waals surface area contributed by atoms with Gasteiger partial charge in [-0.15, -0.1) is 0 Å². The van der Waals surface area contributed by atoms with E-state index >= 15 is 0 Å². The highest BCUT2D eigenvalue weighted by atomic mass is 32.2. The van der Waals surface area contributed by atoms with Gasteiger partial charge in [0.25, 0.3) is 0 Å². The first-order valence-corrected chi connectivity index (χ1v) is 7.80. The van der Waals surface area contributed by atoms with Crippen LogP contribution in [-0.4, -0.2) is 30.1 Å². The molecule has 0 aromatic heterocycles. The summed E-state index contributed by atoms with van der Waals surface area (Å²) in [6, 6.07) is 7.15. The van der Waals surface area contributed by atoms with Crippen LogP contribution in [0.5, 0.6) is 0 Å². The van der Waals surface area contributed by atoms with Crippen molar-refractivity contribution in [3.8, 4) is 0 Å². The lowest BCUT2D eigenvalue weighted by molar-refractivity contribution is 0.271. The van der Waals surface area contributed by atoms with Crippen molar-refractivity contribution in [2.75, 3.05) is 18.9 Å². The van der Waals surface area contributed by atoms with E-state index in [0.717, 1.165) is 24.5 Å². The number of nitrogens with one attached hydrogen (secondary N) is 1. The molecule has 0 fully saturated rings. The second-order valence-electron chi connectivity index (χ2n) is 4.78. The maximum atomic E-state index is 9.00. The number of rotatable bonds is 8. The highest BCUT2D eigenvalue weighted by molar-refractivity contribution is 7.98. The van der Waals surface area contributed by atoms with Crippen molar-refractivity contribution in [2.45, 2.75) is 39.0 Å². The normalized spacial score (nSPS) is 12.7. The van der Waals surface area contributed by atoms with Crippen LogP contribution in [0.2, 0.25) is 0 Å². The number of thioether (sulfide) groups is 1. The first kappa shape index (κ1) is 15.5. The molecular weight excluding hydrogens is 242 g/mol.